The van der Waals surface area contributed by atoms with E-state index in [-0.39, 0.29) is 6.03 Å². The van der Waals surface area contributed by atoms with E-state index in [2.05, 4.69) is 15.3 Å². The van der Waals surface area contributed by atoms with Gasteiger partial charge in [0.25, 0.3) is 0 Å². The van der Waals surface area contributed by atoms with Crippen LogP contribution in [0.5, 0.6) is 0 Å². The lowest BCUT2D eigenvalue weighted by atomic mass is 9.90. The predicted octanol–water partition coefficient (Wildman–Crippen LogP) is 5.28. The Hall–Kier alpha value is -2.24. The standard InChI is InChI=1S/C19H18Cl2N4O/c20-15-4-3-13(10-16(15)21)24-19(26)25-8-5-12(6-9-25)14-11-23-17-2-1-7-22-18(14)17/h1-4,7,10-12,23H,5-6,8-9H2,(H,24,26). The summed E-state index contributed by atoms with van der Waals surface area (Å²) in [5.41, 5.74) is 3.98. The van der Waals surface area contributed by atoms with Crippen LogP contribution in [0.15, 0.2) is 42.7 Å². The number of pyridine rings is 1. The van der Waals surface area contributed by atoms with Crippen molar-refractivity contribution < 1.29 is 4.79 Å². The first kappa shape index (κ1) is 17.2. The first-order valence-electron chi connectivity index (χ1n) is 8.55. The Morgan fingerprint density at radius 1 is 1.19 bits per heavy atom. The lowest BCUT2D eigenvalue weighted by Crippen LogP contribution is -2.40. The van der Waals surface area contributed by atoms with E-state index in [4.69, 9.17) is 23.2 Å². The number of amides is 2. The van der Waals surface area contributed by atoms with Gasteiger partial charge in [-0.05, 0) is 54.7 Å². The first-order chi connectivity index (χ1) is 12.6. The Kier molecular flexibility index (Phi) is 4.74. The second kappa shape index (κ2) is 7.17. The fourth-order valence-corrected chi connectivity index (χ4v) is 3.75. The lowest BCUT2D eigenvalue weighted by molar-refractivity contribution is 0.195. The number of carbonyl (C=O) groups excluding carboxylic acids is 1. The molecule has 2 aromatic heterocycles. The van der Waals surface area contributed by atoms with E-state index >= 15 is 0 Å². The number of nitrogens with zero attached hydrogens (tertiary/aromatic N) is 2. The van der Waals surface area contributed by atoms with Crippen molar-refractivity contribution in [2.45, 2.75) is 18.8 Å². The lowest BCUT2D eigenvalue weighted by Gasteiger charge is -2.31. The Morgan fingerprint density at radius 3 is 2.77 bits per heavy atom. The van der Waals surface area contributed by atoms with E-state index in [0.717, 1.165) is 23.9 Å². The molecule has 1 aliphatic heterocycles. The highest BCUT2D eigenvalue weighted by atomic mass is 35.5. The molecule has 1 aliphatic rings. The summed E-state index contributed by atoms with van der Waals surface area (Å²) in [5, 5.41) is 3.78. The van der Waals surface area contributed by atoms with Crippen molar-refractivity contribution in [3.63, 3.8) is 0 Å². The summed E-state index contributed by atoms with van der Waals surface area (Å²) < 4.78 is 0. The van der Waals surface area contributed by atoms with Crippen LogP contribution >= 0.6 is 23.2 Å². The van der Waals surface area contributed by atoms with Gasteiger partial charge in [-0.25, -0.2) is 4.79 Å². The van der Waals surface area contributed by atoms with Gasteiger partial charge in [-0.15, -0.1) is 0 Å². The molecule has 0 unspecified atom stereocenters. The van der Waals surface area contributed by atoms with Crippen LogP contribution in [0.3, 0.4) is 0 Å². The van der Waals surface area contributed by atoms with E-state index in [1.165, 1.54) is 5.56 Å². The smallest absolute Gasteiger partial charge is 0.321 e. The van der Waals surface area contributed by atoms with Crippen LogP contribution in [-0.4, -0.2) is 34.0 Å². The largest absolute Gasteiger partial charge is 0.360 e. The van der Waals surface area contributed by atoms with Crippen LogP contribution in [0.2, 0.25) is 10.0 Å². The summed E-state index contributed by atoms with van der Waals surface area (Å²) >= 11 is 11.9. The van der Waals surface area contributed by atoms with Gasteiger partial charge in [0, 0.05) is 31.2 Å². The molecule has 1 saturated heterocycles. The average Bonchev–Trinajstić information content (AvgIpc) is 3.09. The van der Waals surface area contributed by atoms with Gasteiger partial charge in [-0.1, -0.05) is 23.2 Å². The number of carbonyl (C=O) groups is 1. The molecule has 4 rings (SSSR count). The van der Waals surface area contributed by atoms with Gasteiger partial charge in [0.1, 0.15) is 0 Å². The minimum atomic E-state index is -0.112. The van der Waals surface area contributed by atoms with Crippen LogP contribution in [0, 0.1) is 0 Å². The zero-order valence-corrected chi connectivity index (χ0v) is 15.5. The summed E-state index contributed by atoms with van der Waals surface area (Å²) in [4.78, 5) is 22.1. The minimum absolute atomic E-state index is 0.112. The van der Waals surface area contributed by atoms with E-state index in [1.807, 2.05) is 29.4 Å². The summed E-state index contributed by atoms with van der Waals surface area (Å²) in [5.74, 6) is 0.410. The number of rotatable bonds is 2. The molecule has 3 heterocycles. The Morgan fingerprint density at radius 2 is 2.00 bits per heavy atom. The topological polar surface area (TPSA) is 61.0 Å². The molecule has 0 saturated carbocycles. The number of fused-ring (bicyclic) bond motifs is 1. The number of aromatic amines is 1. The molecule has 0 bridgehead atoms. The van der Waals surface area contributed by atoms with Crippen LogP contribution in [-0.2, 0) is 0 Å². The molecule has 5 nitrogen and oxygen atoms in total. The number of urea groups is 1. The molecule has 2 amide bonds. The maximum Gasteiger partial charge on any atom is 0.321 e. The number of hydrogen-bond donors (Lipinski definition) is 2. The quantitative estimate of drug-likeness (QED) is 0.626. The summed E-state index contributed by atoms with van der Waals surface area (Å²) in [6, 6.07) is 8.93. The number of benzene rings is 1. The second-order valence-electron chi connectivity index (χ2n) is 6.46. The molecule has 0 atom stereocenters. The van der Waals surface area contributed by atoms with Gasteiger partial charge >= 0.3 is 6.03 Å². The van der Waals surface area contributed by atoms with Crippen molar-refractivity contribution in [2.24, 2.45) is 0 Å². The Bertz CT molecular complexity index is 948. The SMILES string of the molecule is O=C(Nc1ccc(Cl)c(Cl)c1)N1CCC(c2c[nH]c3cccnc23)CC1. The van der Waals surface area contributed by atoms with Gasteiger partial charge < -0.3 is 15.2 Å². The van der Waals surface area contributed by atoms with Gasteiger partial charge in [-0.3, -0.25) is 4.98 Å². The highest BCUT2D eigenvalue weighted by Gasteiger charge is 2.26. The number of likely N-dealkylation sites (tertiary alicyclic amines) is 1. The van der Waals surface area contributed by atoms with Gasteiger partial charge in [0.15, 0.2) is 0 Å². The van der Waals surface area contributed by atoms with Gasteiger partial charge in [0.2, 0.25) is 0 Å². The van der Waals surface area contributed by atoms with Crippen molar-refractivity contribution in [3.8, 4) is 0 Å². The zero-order chi connectivity index (χ0) is 18.1. The third-order valence-corrected chi connectivity index (χ3v) is 5.60. The first-order valence-corrected chi connectivity index (χ1v) is 9.30. The molecule has 1 aromatic carbocycles. The molecule has 2 N–H and O–H groups in total. The molecular formula is C19H18Cl2N4O. The number of anilines is 1. The van der Waals surface area contributed by atoms with Crippen molar-refractivity contribution in [1.82, 2.24) is 14.9 Å². The number of nitrogens with one attached hydrogen (secondary N) is 2. The number of aromatic nitrogens is 2. The molecule has 26 heavy (non-hydrogen) atoms. The number of H-pyrrole nitrogens is 1. The predicted molar refractivity (Wildman–Crippen MR) is 105 cm³/mol. The van der Waals surface area contributed by atoms with Crippen LogP contribution in [0.25, 0.3) is 11.0 Å². The molecule has 0 spiro atoms. The Balaban J connectivity index is 1.40. The van der Waals surface area contributed by atoms with E-state index < -0.39 is 0 Å². The van der Waals surface area contributed by atoms with Crippen molar-refractivity contribution in [2.75, 3.05) is 18.4 Å². The van der Waals surface area contributed by atoms with E-state index in [0.29, 0.717) is 34.7 Å². The fraction of sp³-hybridized carbons (Fsp3) is 0.263. The third-order valence-electron chi connectivity index (χ3n) is 4.86. The second-order valence-corrected chi connectivity index (χ2v) is 7.28. The van der Waals surface area contributed by atoms with E-state index in [9.17, 15) is 4.79 Å². The minimum Gasteiger partial charge on any atom is -0.360 e. The van der Waals surface area contributed by atoms with Crippen molar-refractivity contribution >= 4 is 46.0 Å². The average molecular weight is 389 g/mol. The highest BCUT2D eigenvalue weighted by molar-refractivity contribution is 6.42. The van der Waals surface area contributed by atoms with Crippen molar-refractivity contribution in [3.05, 3.63) is 58.3 Å². The summed E-state index contributed by atoms with van der Waals surface area (Å²) in [6.07, 6.45) is 5.70. The maximum absolute atomic E-state index is 12.5. The molecule has 134 valence electrons. The van der Waals surface area contributed by atoms with Crippen molar-refractivity contribution in [1.29, 1.82) is 0 Å². The van der Waals surface area contributed by atoms with Crippen LogP contribution in [0.1, 0.15) is 24.3 Å². The molecule has 7 heteroatoms. The zero-order valence-electron chi connectivity index (χ0n) is 14.0. The maximum atomic E-state index is 12.5. The molecule has 0 aliphatic carbocycles. The normalized spacial score (nSPS) is 15.4. The van der Waals surface area contributed by atoms with Gasteiger partial charge in [0.05, 0.1) is 21.1 Å². The fourth-order valence-electron chi connectivity index (χ4n) is 3.46. The Labute approximate surface area is 161 Å². The van der Waals surface area contributed by atoms with Crippen LogP contribution in [0.4, 0.5) is 10.5 Å². The van der Waals surface area contributed by atoms with E-state index in [1.54, 1.807) is 18.2 Å². The molecule has 1 fully saturated rings. The molecule has 3 aromatic rings. The molecular weight excluding hydrogens is 371 g/mol. The van der Waals surface area contributed by atoms with Gasteiger partial charge in [-0.2, -0.15) is 0 Å². The number of hydrogen-bond acceptors (Lipinski definition) is 2. The third kappa shape index (κ3) is 3.37. The van der Waals surface area contributed by atoms with Crippen LogP contribution < -0.4 is 5.32 Å². The summed E-state index contributed by atoms with van der Waals surface area (Å²) in [6.45, 7) is 1.41. The highest BCUT2D eigenvalue weighted by Crippen LogP contribution is 2.32. The monoisotopic (exact) mass is 388 g/mol. The summed E-state index contributed by atoms with van der Waals surface area (Å²) in [7, 11) is 0. The molecule has 0 radical (unpaired) electrons. The number of halogens is 2. The number of piperidine rings is 1.